The van der Waals surface area contributed by atoms with Gasteiger partial charge in [0, 0.05) is 29.4 Å². The van der Waals surface area contributed by atoms with E-state index in [9.17, 15) is 14.4 Å². The number of nitrogens with one attached hydrogen (secondary N) is 2. The number of thioether (sulfide) groups is 1. The maximum Gasteiger partial charge on any atom is 0.414 e. The van der Waals surface area contributed by atoms with Gasteiger partial charge in [0.25, 0.3) is 0 Å². The molecule has 35 heavy (non-hydrogen) atoms. The van der Waals surface area contributed by atoms with Gasteiger partial charge in [-0.3, -0.25) is 19.5 Å². The van der Waals surface area contributed by atoms with Crippen molar-refractivity contribution < 1.29 is 23.9 Å². The monoisotopic (exact) mass is 493 g/mol. The fourth-order valence-corrected chi connectivity index (χ4v) is 4.86. The summed E-state index contributed by atoms with van der Waals surface area (Å²) in [7, 11) is 1.56. The highest BCUT2D eigenvalue weighted by Crippen LogP contribution is 2.35. The molecule has 0 aliphatic carbocycles. The number of rotatable bonds is 7. The fourth-order valence-electron chi connectivity index (χ4n) is 4.07. The van der Waals surface area contributed by atoms with Crippen LogP contribution in [0.4, 0.5) is 16.2 Å². The van der Waals surface area contributed by atoms with Gasteiger partial charge < -0.3 is 20.1 Å². The van der Waals surface area contributed by atoms with Gasteiger partial charge in [-0.25, -0.2) is 9.78 Å². The van der Waals surface area contributed by atoms with E-state index in [4.69, 9.17) is 9.47 Å². The molecule has 180 valence electrons. The van der Waals surface area contributed by atoms with E-state index in [1.54, 1.807) is 25.4 Å². The summed E-state index contributed by atoms with van der Waals surface area (Å²) in [6.07, 6.45) is 1.27. The van der Waals surface area contributed by atoms with Gasteiger partial charge in [-0.2, -0.15) is 0 Å². The largest absolute Gasteiger partial charge is 0.481 e. The lowest BCUT2D eigenvalue weighted by atomic mass is 10.1. The van der Waals surface area contributed by atoms with Crippen molar-refractivity contribution in [3.8, 4) is 5.88 Å². The van der Waals surface area contributed by atoms with E-state index in [0.29, 0.717) is 36.0 Å². The molecule has 2 aromatic heterocycles. The van der Waals surface area contributed by atoms with Crippen LogP contribution in [0.3, 0.4) is 0 Å². The van der Waals surface area contributed by atoms with Gasteiger partial charge in [0.05, 0.1) is 42.5 Å². The smallest absolute Gasteiger partial charge is 0.414 e. The quantitative estimate of drug-likeness (QED) is 0.515. The molecule has 2 aliphatic heterocycles. The lowest BCUT2D eigenvalue weighted by molar-refractivity contribution is -0.122. The molecule has 0 unspecified atom stereocenters. The number of hydrogen-bond acceptors (Lipinski definition) is 8. The SMILES string of the molecule is COc1ccc2nccc(CCNC(=O)C[C@@H]3CN(c4ccc5c(c4)NC(=O)CS5)C(=O)O3)c2n1. The molecule has 0 radical (unpaired) electrons. The Balaban J connectivity index is 1.16. The molecule has 1 atom stereocenters. The number of carbonyl (C=O) groups excluding carboxylic acids is 3. The Morgan fingerprint density at radius 1 is 1.29 bits per heavy atom. The summed E-state index contributed by atoms with van der Waals surface area (Å²) >= 11 is 1.45. The van der Waals surface area contributed by atoms with Crippen LogP contribution in [0.25, 0.3) is 11.0 Å². The van der Waals surface area contributed by atoms with Crippen molar-refractivity contribution in [3.63, 3.8) is 0 Å². The summed E-state index contributed by atoms with van der Waals surface area (Å²) in [6.45, 7) is 0.661. The first-order valence-electron chi connectivity index (χ1n) is 11.1. The van der Waals surface area contributed by atoms with E-state index in [-0.39, 0.29) is 24.8 Å². The predicted molar refractivity (Wildman–Crippen MR) is 131 cm³/mol. The first-order valence-corrected chi connectivity index (χ1v) is 12.1. The van der Waals surface area contributed by atoms with Gasteiger partial charge in [-0.15, -0.1) is 11.8 Å². The molecule has 1 fully saturated rings. The number of carbonyl (C=O) groups is 3. The molecule has 2 aliphatic rings. The van der Waals surface area contributed by atoms with Crippen molar-refractivity contribution in [2.24, 2.45) is 0 Å². The summed E-state index contributed by atoms with van der Waals surface area (Å²) in [5, 5.41) is 5.71. The molecule has 3 amide bonds. The second-order valence-corrected chi connectivity index (χ2v) is 9.15. The van der Waals surface area contributed by atoms with Crippen molar-refractivity contribution >= 4 is 52.1 Å². The highest BCUT2D eigenvalue weighted by molar-refractivity contribution is 8.00. The van der Waals surface area contributed by atoms with E-state index in [1.807, 2.05) is 24.3 Å². The van der Waals surface area contributed by atoms with Gasteiger partial charge in [-0.1, -0.05) is 0 Å². The molecular weight excluding hydrogens is 470 g/mol. The van der Waals surface area contributed by atoms with Crippen LogP contribution in [0, 0.1) is 0 Å². The minimum Gasteiger partial charge on any atom is -0.481 e. The Morgan fingerprint density at radius 3 is 3.03 bits per heavy atom. The number of anilines is 2. The van der Waals surface area contributed by atoms with Crippen LogP contribution in [-0.4, -0.2) is 59.9 Å². The Hall–Kier alpha value is -3.86. The molecule has 0 saturated carbocycles. The average molecular weight is 494 g/mol. The summed E-state index contributed by atoms with van der Waals surface area (Å²) in [5.41, 5.74) is 3.74. The Bertz CT molecular complexity index is 1320. The number of cyclic esters (lactones) is 1. The van der Waals surface area contributed by atoms with Crippen LogP contribution in [0.5, 0.6) is 5.88 Å². The van der Waals surface area contributed by atoms with Crippen LogP contribution < -0.4 is 20.3 Å². The van der Waals surface area contributed by atoms with Crippen molar-refractivity contribution in [2.45, 2.75) is 23.8 Å². The number of ether oxygens (including phenoxy) is 2. The maximum absolute atomic E-state index is 12.5. The van der Waals surface area contributed by atoms with Crippen LogP contribution in [0.2, 0.25) is 0 Å². The molecule has 11 heteroatoms. The molecule has 2 N–H and O–H groups in total. The molecular formula is C24H23N5O5S. The average Bonchev–Trinajstić information content (AvgIpc) is 3.22. The van der Waals surface area contributed by atoms with Crippen LogP contribution in [0.1, 0.15) is 12.0 Å². The number of amides is 3. The van der Waals surface area contributed by atoms with Crippen LogP contribution in [-0.2, 0) is 20.7 Å². The lowest BCUT2D eigenvalue weighted by Crippen LogP contribution is -2.31. The standard InChI is InChI=1S/C24H23N5O5S/c1-33-22-5-3-17-23(28-22)14(6-8-25-17)7-9-26-20(30)11-16-12-29(24(32)34-16)15-2-4-19-18(10-15)27-21(31)13-35-19/h2-6,8,10,16H,7,9,11-13H2,1H3,(H,26,30)(H,27,31)/t16-/m1/s1. The molecule has 5 rings (SSSR count). The van der Waals surface area contributed by atoms with E-state index in [0.717, 1.165) is 21.5 Å². The zero-order valence-corrected chi connectivity index (χ0v) is 19.8. The van der Waals surface area contributed by atoms with E-state index in [2.05, 4.69) is 20.6 Å². The topological polar surface area (TPSA) is 123 Å². The number of fused-ring (bicyclic) bond motifs is 2. The molecule has 0 bridgehead atoms. The normalized spacial score (nSPS) is 17.1. The number of hydrogen-bond donors (Lipinski definition) is 2. The molecule has 0 spiro atoms. The molecule has 4 heterocycles. The van der Waals surface area contributed by atoms with Crippen LogP contribution >= 0.6 is 11.8 Å². The number of nitrogens with zero attached hydrogens (tertiary/aromatic N) is 3. The highest BCUT2D eigenvalue weighted by atomic mass is 32.2. The third-order valence-corrected chi connectivity index (χ3v) is 6.84. The molecule has 1 aromatic carbocycles. The minimum absolute atomic E-state index is 0.0585. The third kappa shape index (κ3) is 4.99. The van der Waals surface area contributed by atoms with E-state index < -0.39 is 12.2 Å². The molecule has 3 aromatic rings. The van der Waals surface area contributed by atoms with Gasteiger partial charge in [-0.05, 0) is 42.3 Å². The summed E-state index contributed by atoms with van der Waals surface area (Å²) in [5.74, 6) is 0.594. The lowest BCUT2D eigenvalue weighted by Gasteiger charge is -2.19. The first-order chi connectivity index (χ1) is 17.0. The van der Waals surface area contributed by atoms with E-state index in [1.165, 1.54) is 16.7 Å². The number of pyridine rings is 2. The molecule has 10 nitrogen and oxygen atoms in total. The van der Waals surface area contributed by atoms with Crippen molar-refractivity contribution in [2.75, 3.05) is 36.2 Å². The van der Waals surface area contributed by atoms with Crippen molar-refractivity contribution in [1.29, 1.82) is 0 Å². The zero-order chi connectivity index (χ0) is 24.4. The third-order valence-electron chi connectivity index (χ3n) is 5.76. The highest BCUT2D eigenvalue weighted by Gasteiger charge is 2.34. The second kappa shape index (κ2) is 9.79. The molecule has 1 saturated heterocycles. The number of aromatic nitrogens is 2. The minimum atomic E-state index is -0.560. The van der Waals surface area contributed by atoms with Gasteiger partial charge in [0.1, 0.15) is 6.10 Å². The Labute approximate surface area is 205 Å². The number of methoxy groups -OCH3 is 1. The van der Waals surface area contributed by atoms with E-state index >= 15 is 0 Å². The summed E-state index contributed by atoms with van der Waals surface area (Å²) in [4.78, 5) is 47.8. The van der Waals surface area contributed by atoms with Gasteiger partial charge in [0.15, 0.2) is 0 Å². The second-order valence-electron chi connectivity index (χ2n) is 8.13. The Kier molecular flexibility index (Phi) is 6.41. The van der Waals surface area contributed by atoms with Crippen molar-refractivity contribution in [1.82, 2.24) is 15.3 Å². The maximum atomic E-state index is 12.5. The zero-order valence-electron chi connectivity index (χ0n) is 18.9. The number of benzene rings is 1. The summed E-state index contributed by atoms with van der Waals surface area (Å²) < 4.78 is 10.6. The Morgan fingerprint density at radius 2 is 2.17 bits per heavy atom. The first kappa shape index (κ1) is 22.9. The van der Waals surface area contributed by atoms with Gasteiger partial charge in [0.2, 0.25) is 17.7 Å². The predicted octanol–water partition coefficient (Wildman–Crippen LogP) is 2.76. The fraction of sp³-hybridized carbons (Fsp3) is 0.292. The van der Waals surface area contributed by atoms with Crippen molar-refractivity contribution in [3.05, 3.63) is 48.2 Å². The summed E-state index contributed by atoms with van der Waals surface area (Å²) in [6, 6.07) is 10.9. The van der Waals surface area contributed by atoms with Gasteiger partial charge >= 0.3 is 6.09 Å². The van der Waals surface area contributed by atoms with Crippen LogP contribution in [0.15, 0.2) is 47.5 Å².